The number of allylic oxidation sites excluding steroid dienone is 1. The maximum atomic E-state index is 8.46. The minimum absolute atomic E-state index is 0.387. The van der Waals surface area contributed by atoms with Gasteiger partial charge >= 0.3 is 0 Å². The van der Waals surface area contributed by atoms with Crippen LogP contribution >= 0.6 is 15.9 Å². The van der Waals surface area contributed by atoms with E-state index in [0.717, 1.165) is 4.47 Å². The van der Waals surface area contributed by atoms with Gasteiger partial charge in [-0.15, -0.1) is 0 Å². The van der Waals surface area contributed by atoms with Gasteiger partial charge in [0.2, 0.25) is 0 Å². The SMILES string of the molecule is C=C(C#N)c1ccc(Br)cn1. The molecule has 1 rings (SSSR count). The van der Waals surface area contributed by atoms with Crippen molar-refractivity contribution in [3.63, 3.8) is 0 Å². The molecule has 0 spiro atoms. The molecule has 11 heavy (non-hydrogen) atoms. The topological polar surface area (TPSA) is 36.7 Å². The first-order chi connectivity index (χ1) is 5.24. The molecule has 0 saturated heterocycles. The fraction of sp³-hybridized carbons (Fsp3) is 0. The van der Waals surface area contributed by atoms with Crippen molar-refractivity contribution in [3.05, 3.63) is 35.1 Å². The van der Waals surface area contributed by atoms with Gasteiger partial charge in [-0.05, 0) is 28.1 Å². The van der Waals surface area contributed by atoms with Crippen LogP contribution in [0.3, 0.4) is 0 Å². The molecule has 3 heteroatoms. The third kappa shape index (κ3) is 1.89. The van der Waals surface area contributed by atoms with Gasteiger partial charge in [-0.2, -0.15) is 5.26 Å². The summed E-state index contributed by atoms with van der Waals surface area (Å²) in [7, 11) is 0. The fourth-order valence-corrected chi connectivity index (χ4v) is 0.846. The number of halogens is 1. The van der Waals surface area contributed by atoms with Gasteiger partial charge in [-0.1, -0.05) is 6.58 Å². The molecule has 0 aliphatic heterocycles. The number of hydrogen-bond acceptors (Lipinski definition) is 2. The number of nitriles is 1. The second-order valence-corrected chi connectivity index (χ2v) is 2.87. The van der Waals surface area contributed by atoms with Crippen molar-refractivity contribution >= 4 is 21.5 Å². The smallest absolute Gasteiger partial charge is 0.101 e. The van der Waals surface area contributed by atoms with Crippen LogP contribution in [-0.4, -0.2) is 4.98 Å². The summed E-state index contributed by atoms with van der Waals surface area (Å²) in [6, 6.07) is 5.50. The highest BCUT2D eigenvalue weighted by Crippen LogP contribution is 2.11. The number of hydrogen-bond donors (Lipinski definition) is 0. The molecule has 0 saturated carbocycles. The molecule has 0 aliphatic carbocycles. The van der Waals surface area contributed by atoms with E-state index in [0.29, 0.717) is 11.3 Å². The predicted molar refractivity (Wildman–Crippen MR) is 46.6 cm³/mol. The van der Waals surface area contributed by atoms with Gasteiger partial charge in [-0.25, -0.2) is 0 Å². The third-order valence-corrected chi connectivity index (χ3v) is 1.64. The summed E-state index contributed by atoms with van der Waals surface area (Å²) < 4.78 is 0.895. The largest absolute Gasteiger partial charge is 0.254 e. The summed E-state index contributed by atoms with van der Waals surface area (Å²) >= 11 is 3.24. The van der Waals surface area contributed by atoms with Crippen LogP contribution in [0.25, 0.3) is 5.57 Å². The van der Waals surface area contributed by atoms with Crippen LogP contribution in [0.4, 0.5) is 0 Å². The molecule has 0 unspecified atom stereocenters. The Labute approximate surface area is 73.3 Å². The predicted octanol–water partition coefficient (Wildman–Crippen LogP) is 2.38. The molecule has 0 radical (unpaired) electrons. The second kappa shape index (κ2) is 3.31. The van der Waals surface area contributed by atoms with Crippen molar-refractivity contribution in [2.45, 2.75) is 0 Å². The molecule has 0 aliphatic rings. The molecule has 54 valence electrons. The van der Waals surface area contributed by atoms with Crippen LogP contribution in [0.2, 0.25) is 0 Å². The lowest BCUT2D eigenvalue weighted by atomic mass is 10.2. The minimum Gasteiger partial charge on any atom is -0.254 e. The molecule has 0 atom stereocenters. The lowest BCUT2D eigenvalue weighted by Gasteiger charge is -1.94. The second-order valence-electron chi connectivity index (χ2n) is 1.95. The summed E-state index contributed by atoms with van der Waals surface area (Å²) in [5.41, 5.74) is 1.01. The monoisotopic (exact) mass is 208 g/mol. The van der Waals surface area contributed by atoms with Gasteiger partial charge in [0.15, 0.2) is 0 Å². The number of nitrogens with zero attached hydrogens (tertiary/aromatic N) is 2. The lowest BCUT2D eigenvalue weighted by molar-refractivity contribution is 1.27. The molecular weight excluding hydrogens is 204 g/mol. The molecule has 0 fully saturated rings. The number of aromatic nitrogens is 1. The Bertz CT molecular complexity index is 308. The maximum absolute atomic E-state index is 8.46. The van der Waals surface area contributed by atoms with E-state index >= 15 is 0 Å². The molecule has 1 aromatic rings. The fourth-order valence-electron chi connectivity index (χ4n) is 0.612. The summed E-state index contributed by atoms with van der Waals surface area (Å²) in [4.78, 5) is 3.98. The first-order valence-electron chi connectivity index (χ1n) is 2.95. The van der Waals surface area contributed by atoms with Crippen molar-refractivity contribution in [3.8, 4) is 6.07 Å². The van der Waals surface area contributed by atoms with Crippen molar-refractivity contribution < 1.29 is 0 Å². The molecule has 2 nitrogen and oxygen atoms in total. The van der Waals surface area contributed by atoms with E-state index in [-0.39, 0.29) is 0 Å². The summed E-state index contributed by atoms with van der Waals surface area (Å²) in [5, 5.41) is 8.46. The Kier molecular flexibility index (Phi) is 2.40. The average molecular weight is 209 g/mol. The zero-order chi connectivity index (χ0) is 8.27. The molecule has 0 bridgehead atoms. The Morgan fingerprint density at radius 2 is 2.36 bits per heavy atom. The molecule has 1 heterocycles. The number of pyridine rings is 1. The van der Waals surface area contributed by atoms with Crippen LogP contribution in [0.15, 0.2) is 29.4 Å². The Morgan fingerprint density at radius 3 is 2.82 bits per heavy atom. The maximum Gasteiger partial charge on any atom is 0.101 e. The summed E-state index contributed by atoms with van der Waals surface area (Å²) in [5.74, 6) is 0. The summed E-state index contributed by atoms with van der Waals surface area (Å²) in [6.07, 6.45) is 1.64. The Balaban J connectivity index is 3.01. The van der Waals surface area contributed by atoms with Crippen molar-refractivity contribution in [2.24, 2.45) is 0 Å². The van der Waals surface area contributed by atoms with E-state index in [2.05, 4.69) is 27.5 Å². The molecule has 1 aromatic heterocycles. The van der Waals surface area contributed by atoms with Crippen molar-refractivity contribution in [2.75, 3.05) is 0 Å². The van der Waals surface area contributed by atoms with E-state index < -0.39 is 0 Å². The van der Waals surface area contributed by atoms with Gasteiger partial charge in [0, 0.05) is 10.7 Å². The minimum atomic E-state index is 0.387. The average Bonchev–Trinajstić information content (AvgIpc) is 2.05. The van der Waals surface area contributed by atoms with Gasteiger partial charge in [-0.3, -0.25) is 4.98 Å². The highest BCUT2D eigenvalue weighted by molar-refractivity contribution is 9.10. The first kappa shape index (κ1) is 7.96. The number of rotatable bonds is 1. The normalized spacial score (nSPS) is 8.73. The standard InChI is InChI=1S/C8H5BrN2/c1-6(4-10)8-3-2-7(9)5-11-8/h2-3,5H,1H2. The first-order valence-corrected chi connectivity index (χ1v) is 3.74. The van der Waals surface area contributed by atoms with Gasteiger partial charge in [0.25, 0.3) is 0 Å². The highest BCUT2D eigenvalue weighted by atomic mass is 79.9. The van der Waals surface area contributed by atoms with Crippen LogP contribution in [0.5, 0.6) is 0 Å². The van der Waals surface area contributed by atoms with E-state index in [1.54, 1.807) is 12.3 Å². The third-order valence-electron chi connectivity index (χ3n) is 1.17. The van der Waals surface area contributed by atoms with Crippen LogP contribution < -0.4 is 0 Å². The van der Waals surface area contributed by atoms with Crippen LogP contribution in [0.1, 0.15) is 5.69 Å². The van der Waals surface area contributed by atoms with E-state index in [9.17, 15) is 0 Å². The zero-order valence-electron chi connectivity index (χ0n) is 5.71. The lowest BCUT2D eigenvalue weighted by Crippen LogP contribution is -1.83. The molecule has 0 aromatic carbocycles. The summed E-state index contributed by atoms with van der Waals surface area (Å²) in [6.45, 7) is 3.53. The zero-order valence-corrected chi connectivity index (χ0v) is 7.30. The molecular formula is C8H5BrN2. The van der Waals surface area contributed by atoms with Gasteiger partial charge in [0.05, 0.1) is 11.3 Å². The van der Waals surface area contributed by atoms with Gasteiger partial charge < -0.3 is 0 Å². The van der Waals surface area contributed by atoms with E-state index in [1.807, 2.05) is 12.1 Å². The van der Waals surface area contributed by atoms with E-state index in [4.69, 9.17) is 5.26 Å². The van der Waals surface area contributed by atoms with Crippen LogP contribution in [0, 0.1) is 11.3 Å². The van der Waals surface area contributed by atoms with Crippen LogP contribution in [-0.2, 0) is 0 Å². The van der Waals surface area contributed by atoms with Gasteiger partial charge in [0.1, 0.15) is 6.07 Å². The quantitative estimate of drug-likeness (QED) is 0.665. The Hall–Kier alpha value is -1.14. The molecule has 0 amide bonds. The van der Waals surface area contributed by atoms with E-state index in [1.165, 1.54) is 0 Å². The van der Waals surface area contributed by atoms with Crippen molar-refractivity contribution in [1.29, 1.82) is 5.26 Å². The molecule has 0 N–H and O–H groups in total. The highest BCUT2D eigenvalue weighted by Gasteiger charge is 1.96. The van der Waals surface area contributed by atoms with Crippen molar-refractivity contribution in [1.82, 2.24) is 4.98 Å². The Morgan fingerprint density at radius 1 is 1.64 bits per heavy atom.